The van der Waals surface area contributed by atoms with Crippen LogP contribution in [0.2, 0.25) is 0 Å². The summed E-state index contributed by atoms with van der Waals surface area (Å²) in [5, 5.41) is 2.01. The second kappa shape index (κ2) is 6.92. The van der Waals surface area contributed by atoms with Crippen molar-refractivity contribution in [3.63, 3.8) is 0 Å². The molecule has 0 aliphatic heterocycles. The minimum Gasteiger partial charge on any atom is -0.366 e. The number of H-pyrrole nitrogens is 1. The number of amides is 1. The maximum atomic E-state index is 12.0. The summed E-state index contributed by atoms with van der Waals surface area (Å²) in [4.78, 5) is 15.0. The van der Waals surface area contributed by atoms with E-state index in [0.717, 1.165) is 33.2 Å². The SMILES string of the molecule is CC=CS(=O)(=O)Nc1cccc(-c2ccc(C(N)=O)c3[nH]c(C)c(C)c23)c1. The minimum absolute atomic E-state index is 0.426. The molecule has 27 heavy (non-hydrogen) atoms. The van der Waals surface area contributed by atoms with E-state index < -0.39 is 15.9 Å². The molecule has 3 aromatic rings. The molecular weight excluding hydrogens is 362 g/mol. The van der Waals surface area contributed by atoms with Gasteiger partial charge in [-0.1, -0.05) is 24.3 Å². The number of aromatic nitrogens is 1. The van der Waals surface area contributed by atoms with Crippen molar-refractivity contribution in [1.82, 2.24) is 4.98 Å². The van der Waals surface area contributed by atoms with Gasteiger partial charge >= 0.3 is 0 Å². The number of benzene rings is 2. The van der Waals surface area contributed by atoms with Crippen molar-refractivity contribution >= 4 is 32.5 Å². The lowest BCUT2D eigenvalue weighted by atomic mass is 9.96. The highest BCUT2D eigenvalue weighted by Gasteiger charge is 2.17. The lowest BCUT2D eigenvalue weighted by Crippen LogP contribution is -2.11. The summed E-state index contributed by atoms with van der Waals surface area (Å²) < 4.78 is 26.5. The number of aromatic amines is 1. The average Bonchev–Trinajstić information content (AvgIpc) is 2.89. The van der Waals surface area contributed by atoms with Crippen LogP contribution in [0.4, 0.5) is 5.69 Å². The number of nitrogens with two attached hydrogens (primary N) is 1. The van der Waals surface area contributed by atoms with E-state index in [2.05, 4.69) is 9.71 Å². The minimum atomic E-state index is -3.55. The molecule has 1 aromatic heterocycles. The maximum absolute atomic E-state index is 12.0. The molecule has 140 valence electrons. The number of primary amides is 1. The van der Waals surface area contributed by atoms with Crippen molar-refractivity contribution in [2.75, 3.05) is 4.72 Å². The van der Waals surface area contributed by atoms with Gasteiger partial charge in [0.25, 0.3) is 15.9 Å². The number of rotatable bonds is 5. The average molecular weight is 383 g/mol. The van der Waals surface area contributed by atoms with Crippen LogP contribution in [-0.2, 0) is 10.0 Å². The van der Waals surface area contributed by atoms with E-state index in [0.29, 0.717) is 16.8 Å². The predicted molar refractivity (Wildman–Crippen MR) is 109 cm³/mol. The highest BCUT2D eigenvalue weighted by molar-refractivity contribution is 7.95. The molecule has 4 N–H and O–H groups in total. The molecule has 0 saturated carbocycles. The summed E-state index contributed by atoms with van der Waals surface area (Å²) in [6, 6.07) is 10.7. The highest BCUT2D eigenvalue weighted by Crippen LogP contribution is 2.35. The summed E-state index contributed by atoms with van der Waals surface area (Å²) >= 11 is 0. The fourth-order valence-corrected chi connectivity index (χ4v) is 4.05. The van der Waals surface area contributed by atoms with Gasteiger partial charge in [0.2, 0.25) is 0 Å². The van der Waals surface area contributed by atoms with Gasteiger partial charge in [-0.3, -0.25) is 9.52 Å². The Morgan fingerprint density at radius 3 is 2.59 bits per heavy atom. The molecule has 1 heterocycles. The summed E-state index contributed by atoms with van der Waals surface area (Å²) in [6.45, 7) is 5.55. The van der Waals surface area contributed by atoms with Gasteiger partial charge in [0.1, 0.15) is 0 Å². The van der Waals surface area contributed by atoms with Crippen molar-refractivity contribution in [1.29, 1.82) is 0 Å². The largest absolute Gasteiger partial charge is 0.366 e. The molecular formula is C20H21N3O3S. The van der Waals surface area contributed by atoms with Gasteiger partial charge in [-0.05, 0) is 55.7 Å². The Morgan fingerprint density at radius 1 is 1.19 bits per heavy atom. The summed E-state index contributed by atoms with van der Waals surface area (Å²) in [5.41, 5.74) is 10.8. The van der Waals surface area contributed by atoms with Crippen LogP contribution in [0.25, 0.3) is 22.0 Å². The van der Waals surface area contributed by atoms with Crippen LogP contribution in [0.15, 0.2) is 47.9 Å². The van der Waals surface area contributed by atoms with Gasteiger partial charge in [-0.25, -0.2) is 8.42 Å². The molecule has 3 rings (SSSR count). The van der Waals surface area contributed by atoms with Crippen LogP contribution in [0.1, 0.15) is 28.5 Å². The molecule has 7 heteroatoms. The molecule has 0 unspecified atom stereocenters. The Hall–Kier alpha value is -3.06. The lowest BCUT2D eigenvalue weighted by molar-refractivity contribution is 0.100. The quantitative estimate of drug-likeness (QED) is 0.623. The zero-order chi connectivity index (χ0) is 19.8. The third-order valence-corrected chi connectivity index (χ3v) is 5.62. The van der Waals surface area contributed by atoms with Gasteiger partial charge in [-0.2, -0.15) is 0 Å². The zero-order valence-corrected chi connectivity index (χ0v) is 16.1. The lowest BCUT2D eigenvalue weighted by Gasteiger charge is -2.10. The molecule has 1 amide bonds. The van der Waals surface area contributed by atoms with E-state index in [9.17, 15) is 13.2 Å². The molecule has 0 atom stereocenters. The van der Waals surface area contributed by atoms with Crippen LogP contribution in [0.3, 0.4) is 0 Å². The molecule has 0 saturated heterocycles. The normalized spacial score (nSPS) is 12.0. The van der Waals surface area contributed by atoms with Gasteiger partial charge < -0.3 is 10.7 Å². The number of nitrogens with one attached hydrogen (secondary N) is 2. The van der Waals surface area contributed by atoms with E-state index in [-0.39, 0.29) is 0 Å². The first-order valence-corrected chi connectivity index (χ1v) is 9.96. The van der Waals surface area contributed by atoms with Crippen LogP contribution >= 0.6 is 0 Å². The predicted octanol–water partition coefficient (Wildman–Crippen LogP) is 3.83. The smallest absolute Gasteiger partial charge is 0.254 e. The van der Waals surface area contributed by atoms with Gasteiger partial charge in [0.05, 0.1) is 11.1 Å². The molecule has 0 aliphatic rings. The van der Waals surface area contributed by atoms with Crippen molar-refractivity contribution in [3.8, 4) is 11.1 Å². The number of carbonyl (C=O) groups excluding carboxylic acids is 1. The number of aryl methyl sites for hydroxylation is 2. The molecule has 0 fully saturated rings. The molecule has 0 bridgehead atoms. The van der Waals surface area contributed by atoms with E-state index in [1.807, 2.05) is 26.0 Å². The van der Waals surface area contributed by atoms with Crippen LogP contribution < -0.4 is 10.5 Å². The first-order valence-electron chi connectivity index (χ1n) is 8.41. The highest BCUT2D eigenvalue weighted by atomic mass is 32.2. The first kappa shape index (κ1) is 18.7. The molecule has 6 nitrogen and oxygen atoms in total. The van der Waals surface area contributed by atoms with E-state index in [1.54, 1.807) is 31.2 Å². The Kier molecular flexibility index (Phi) is 4.80. The topological polar surface area (TPSA) is 105 Å². The summed E-state index contributed by atoms with van der Waals surface area (Å²) in [5.74, 6) is -0.499. The second-order valence-electron chi connectivity index (χ2n) is 6.35. The number of sulfonamides is 1. The number of hydrogen-bond donors (Lipinski definition) is 3. The molecule has 2 aromatic carbocycles. The van der Waals surface area contributed by atoms with Gasteiger partial charge in [0, 0.05) is 22.2 Å². The third kappa shape index (κ3) is 3.59. The van der Waals surface area contributed by atoms with Crippen LogP contribution in [0.5, 0.6) is 0 Å². The van der Waals surface area contributed by atoms with Crippen LogP contribution in [-0.4, -0.2) is 19.3 Å². The number of anilines is 1. The van der Waals surface area contributed by atoms with Crippen molar-refractivity contribution in [3.05, 3.63) is 64.7 Å². The monoisotopic (exact) mass is 383 g/mol. The Bertz CT molecular complexity index is 1170. The number of carbonyl (C=O) groups is 1. The standard InChI is InChI=1S/C20H21N3O3S/c1-4-10-27(25,26)23-15-7-5-6-14(11-15)16-8-9-17(20(21)24)19-18(16)12(2)13(3)22-19/h4-11,22-23H,1-3H3,(H2,21,24). The van der Waals surface area contributed by atoms with E-state index >= 15 is 0 Å². The van der Waals surface area contributed by atoms with E-state index in [4.69, 9.17) is 5.73 Å². The maximum Gasteiger partial charge on any atom is 0.254 e. The summed E-state index contributed by atoms with van der Waals surface area (Å²) in [7, 11) is -3.55. The third-order valence-electron chi connectivity index (χ3n) is 4.47. The Labute approximate surface area is 158 Å². The fraction of sp³-hybridized carbons (Fsp3) is 0.150. The van der Waals surface area contributed by atoms with Crippen molar-refractivity contribution in [2.45, 2.75) is 20.8 Å². The molecule has 0 radical (unpaired) electrons. The fourth-order valence-electron chi connectivity index (χ4n) is 3.16. The van der Waals surface area contributed by atoms with Crippen molar-refractivity contribution < 1.29 is 13.2 Å². The Morgan fingerprint density at radius 2 is 1.93 bits per heavy atom. The van der Waals surface area contributed by atoms with E-state index in [1.165, 1.54) is 6.08 Å². The first-order chi connectivity index (χ1) is 12.7. The number of allylic oxidation sites excluding steroid dienone is 1. The van der Waals surface area contributed by atoms with Crippen LogP contribution in [0, 0.1) is 13.8 Å². The summed E-state index contributed by atoms with van der Waals surface area (Å²) in [6.07, 6.45) is 1.46. The van der Waals surface area contributed by atoms with Gasteiger partial charge in [0.15, 0.2) is 0 Å². The van der Waals surface area contributed by atoms with Crippen molar-refractivity contribution in [2.24, 2.45) is 5.73 Å². The number of hydrogen-bond acceptors (Lipinski definition) is 3. The zero-order valence-electron chi connectivity index (χ0n) is 15.3. The second-order valence-corrected chi connectivity index (χ2v) is 7.91. The van der Waals surface area contributed by atoms with Gasteiger partial charge in [-0.15, -0.1) is 0 Å². The molecule has 0 spiro atoms. The number of fused-ring (bicyclic) bond motifs is 1. The molecule has 0 aliphatic carbocycles. The Balaban J connectivity index is 2.18.